The third kappa shape index (κ3) is 3.05. The topological polar surface area (TPSA) is 81.4 Å². The van der Waals surface area contributed by atoms with Gasteiger partial charge in [0.2, 0.25) is 0 Å². The molecule has 3 aromatic rings. The predicted molar refractivity (Wildman–Crippen MR) is 118 cm³/mol. The highest BCUT2D eigenvalue weighted by molar-refractivity contribution is 5.88. The van der Waals surface area contributed by atoms with Crippen molar-refractivity contribution in [1.29, 1.82) is 0 Å². The van der Waals surface area contributed by atoms with Gasteiger partial charge in [0.1, 0.15) is 11.3 Å². The van der Waals surface area contributed by atoms with Crippen LogP contribution in [0.5, 0.6) is 5.75 Å². The number of pyridine rings is 2. The van der Waals surface area contributed by atoms with Gasteiger partial charge in [0, 0.05) is 53.8 Å². The number of hydrogen-bond donors (Lipinski definition) is 1. The smallest absolute Gasteiger partial charge is 0.341 e. The Labute approximate surface area is 180 Å². The molecule has 2 aliphatic rings. The third-order valence-corrected chi connectivity index (χ3v) is 6.41. The zero-order valence-corrected chi connectivity index (χ0v) is 17.8. The van der Waals surface area contributed by atoms with Gasteiger partial charge in [-0.3, -0.25) is 9.78 Å². The minimum Gasteiger partial charge on any atom is -0.492 e. The van der Waals surface area contributed by atoms with Crippen molar-refractivity contribution in [2.45, 2.75) is 39.7 Å². The number of fused-ring (bicyclic) bond motifs is 5. The average Bonchev–Trinajstić information content (AvgIpc) is 3.22. The number of carboxylic acids is 1. The number of carboxylic acid groups (broad SMARTS) is 1. The Morgan fingerprint density at radius 3 is 2.58 bits per heavy atom. The summed E-state index contributed by atoms with van der Waals surface area (Å²) >= 11 is 0. The molecule has 0 saturated heterocycles. The van der Waals surface area contributed by atoms with Crippen LogP contribution < -0.4 is 10.2 Å². The molecular weight excluding hydrogens is 392 g/mol. The molecule has 0 fully saturated rings. The SMILES string of the molecule is CC(C)(C)[C@@H]1Cc2c(cc(-c3ccncc3)c3c2CCO3)-c2cc(=O)c(C(=O)O)cn21. The van der Waals surface area contributed by atoms with Gasteiger partial charge in [0.05, 0.1) is 12.3 Å². The van der Waals surface area contributed by atoms with E-state index in [9.17, 15) is 14.7 Å². The summed E-state index contributed by atoms with van der Waals surface area (Å²) in [7, 11) is 0. The van der Waals surface area contributed by atoms with Crippen LogP contribution in [0.15, 0.2) is 47.7 Å². The van der Waals surface area contributed by atoms with Crippen molar-refractivity contribution >= 4 is 5.97 Å². The van der Waals surface area contributed by atoms with Crippen LogP contribution in [0.1, 0.15) is 48.3 Å². The van der Waals surface area contributed by atoms with E-state index in [2.05, 4.69) is 31.8 Å². The van der Waals surface area contributed by atoms with Crippen molar-refractivity contribution in [3.8, 4) is 28.1 Å². The lowest BCUT2D eigenvalue weighted by molar-refractivity contribution is 0.0693. The van der Waals surface area contributed by atoms with Crippen LogP contribution in [0.4, 0.5) is 0 Å². The van der Waals surface area contributed by atoms with Gasteiger partial charge < -0.3 is 14.4 Å². The first kappa shape index (κ1) is 19.5. The number of aromatic carboxylic acids is 1. The zero-order valence-electron chi connectivity index (χ0n) is 17.8. The normalized spacial score (nSPS) is 16.8. The fraction of sp³-hybridized carbons (Fsp3) is 0.320. The number of ether oxygens (including phenoxy) is 1. The molecule has 6 nitrogen and oxygen atoms in total. The van der Waals surface area contributed by atoms with E-state index in [0.717, 1.165) is 41.0 Å². The third-order valence-electron chi connectivity index (χ3n) is 6.41. The lowest BCUT2D eigenvalue weighted by Gasteiger charge is -2.39. The number of carbonyl (C=O) groups is 1. The Morgan fingerprint density at radius 2 is 1.90 bits per heavy atom. The lowest BCUT2D eigenvalue weighted by atomic mass is 9.76. The van der Waals surface area contributed by atoms with Crippen LogP contribution >= 0.6 is 0 Å². The van der Waals surface area contributed by atoms with Crippen molar-refractivity contribution in [3.63, 3.8) is 0 Å². The summed E-state index contributed by atoms with van der Waals surface area (Å²) in [5, 5.41) is 9.54. The van der Waals surface area contributed by atoms with Crippen LogP contribution in [-0.4, -0.2) is 27.2 Å². The molecular formula is C25H24N2O4. The predicted octanol–water partition coefficient (Wildman–Crippen LogP) is 4.35. The fourth-order valence-corrected chi connectivity index (χ4v) is 4.85. The van der Waals surface area contributed by atoms with Crippen LogP contribution in [0, 0.1) is 5.41 Å². The molecule has 0 bridgehead atoms. The standard InChI is InChI=1S/C25H24N2O4/c1-25(2,3)22-11-17-15-6-9-31-23(15)16(14-4-7-26-8-5-14)10-18(17)20-12-21(28)19(24(29)30)13-27(20)22/h4-5,7-8,10,12-13,22H,6,9,11H2,1-3H3,(H,29,30)/t22-/m0/s1. The molecule has 2 aromatic heterocycles. The van der Waals surface area contributed by atoms with Gasteiger partial charge >= 0.3 is 5.97 Å². The van der Waals surface area contributed by atoms with E-state index in [1.54, 1.807) is 12.4 Å². The van der Waals surface area contributed by atoms with Gasteiger partial charge in [0.25, 0.3) is 0 Å². The summed E-state index contributed by atoms with van der Waals surface area (Å²) in [5.41, 5.74) is 5.32. The molecule has 1 aromatic carbocycles. The molecule has 1 atom stereocenters. The Hall–Kier alpha value is -3.41. The minimum atomic E-state index is -1.20. The summed E-state index contributed by atoms with van der Waals surface area (Å²) in [6.07, 6.45) is 6.61. The Balaban J connectivity index is 1.83. The second-order valence-corrected chi connectivity index (χ2v) is 9.33. The van der Waals surface area contributed by atoms with E-state index in [0.29, 0.717) is 6.61 Å². The van der Waals surface area contributed by atoms with Crippen molar-refractivity contribution in [3.05, 3.63) is 69.8 Å². The molecule has 31 heavy (non-hydrogen) atoms. The van der Waals surface area contributed by atoms with E-state index in [1.165, 1.54) is 23.4 Å². The van der Waals surface area contributed by atoms with Gasteiger partial charge in [-0.1, -0.05) is 20.8 Å². The van der Waals surface area contributed by atoms with E-state index >= 15 is 0 Å². The molecule has 0 unspecified atom stereocenters. The van der Waals surface area contributed by atoms with Crippen LogP contribution in [0.25, 0.3) is 22.4 Å². The molecule has 0 saturated carbocycles. The van der Waals surface area contributed by atoms with Crippen molar-refractivity contribution in [2.75, 3.05) is 6.61 Å². The number of benzene rings is 1. The van der Waals surface area contributed by atoms with Crippen molar-refractivity contribution < 1.29 is 14.6 Å². The summed E-state index contributed by atoms with van der Waals surface area (Å²) in [4.78, 5) is 28.4. The number of aromatic nitrogens is 2. The van der Waals surface area contributed by atoms with E-state index in [-0.39, 0.29) is 17.0 Å². The number of rotatable bonds is 2. The molecule has 0 amide bonds. The Morgan fingerprint density at radius 1 is 1.16 bits per heavy atom. The molecule has 6 heteroatoms. The number of hydrogen-bond acceptors (Lipinski definition) is 4. The molecule has 1 N–H and O–H groups in total. The largest absolute Gasteiger partial charge is 0.492 e. The highest BCUT2D eigenvalue weighted by Crippen LogP contribution is 2.49. The molecule has 4 heterocycles. The summed E-state index contributed by atoms with van der Waals surface area (Å²) < 4.78 is 8.06. The highest BCUT2D eigenvalue weighted by atomic mass is 16.5. The second kappa shape index (κ2) is 6.80. The first-order chi connectivity index (χ1) is 14.8. The maximum atomic E-state index is 12.7. The van der Waals surface area contributed by atoms with Gasteiger partial charge in [-0.2, -0.15) is 0 Å². The van der Waals surface area contributed by atoms with Crippen LogP contribution in [0.3, 0.4) is 0 Å². The van der Waals surface area contributed by atoms with E-state index in [4.69, 9.17) is 4.74 Å². The summed E-state index contributed by atoms with van der Waals surface area (Å²) in [5.74, 6) is -0.283. The van der Waals surface area contributed by atoms with Gasteiger partial charge in [-0.25, -0.2) is 4.79 Å². The molecule has 5 rings (SSSR count). The van der Waals surface area contributed by atoms with E-state index < -0.39 is 11.4 Å². The van der Waals surface area contributed by atoms with Gasteiger partial charge in [-0.05, 0) is 41.2 Å². The summed E-state index contributed by atoms with van der Waals surface area (Å²) in [6.45, 7) is 7.07. The van der Waals surface area contributed by atoms with Crippen molar-refractivity contribution in [1.82, 2.24) is 9.55 Å². The molecule has 158 valence electrons. The first-order valence-corrected chi connectivity index (χ1v) is 10.5. The fourth-order valence-electron chi connectivity index (χ4n) is 4.85. The molecule has 0 aliphatic carbocycles. The van der Waals surface area contributed by atoms with Crippen LogP contribution in [0.2, 0.25) is 0 Å². The molecule has 0 radical (unpaired) electrons. The van der Waals surface area contributed by atoms with Crippen molar-refractivity contribution in [2.24, 2.45) is 5.41 Å². The maximum Gasteiger partial charge on any atom is 0.341 e. The van der Waals surface area contributed by atoms with E-state index in [1.807, 2.05) is 16.7 Å². The second-order valence-electron chi connectivity index (χ2n) is 9.33. The Kier molecular flexibility index (Phi) is 4.29. The lowest BCUT2D eigenvalue weighted by Crippen LogP contribution is -2.33. The Bertz CT molecular complexity index is 1270. The van der Waals surface area contributed by atoms with Gasteiger partial charge in [0.15, 0.2) is 5.43 Å². The average molecular weight is 416 g/mol. The minimum absolute atomic E-state index is 0.0187. The van der Waals surface area contributed by atoms with Gasteiger partial charge in [-0.15, -0.1) is 0 Å². The maximum absolute atomic E-state index is 12.7. The zero-order chi connectivity index (χ0) is 21.9. The summed E-state index contributed by atoms with van der Waals surface area (Å²) in [6, 6.07) is 7.49. The first-order valence-electron chi connectivity index (χ1n) is 10.5. The number of nitrogens with zero attached hydrogens (tertiary/aromatic N) is 2. The quantitative estimate of drug-likeness (QED) is 0.672. The highest BCUT2D eigenvalue weighted by Gasteiger charge is 2.36. The molecule has 0 spiro atoms. The molecule has 2 aliphatic heterocycles. The monoisotopic (exact) mass is 416 g/mol. The van der Waals surface area contributed by atoms with Crippen LogP contribution in [-0.2, 0) is 12.8 Å².